The number of aromatic nitrogens is 4. The fraction of sp³-hybridized carbons (Fsp3) is 0.462. The average Bonchev–Trinajstić information content (AvgIpc) is 2.87. The molecule has 2 aromatic rings. The molecule has 20 heavy (non-hydrogen) atoms. The van der Waals surface area contributed by atoms with E-state index in [2.05, 4.69) is 44.2 Å². The van der Waals surface area contributed by atoms with Crippen LogP contribution in [0.15, 0.2) is 18.5 Å². The second kappa shape index (κ2) is 5.38. The molecule has 0 bridgehead atoms. The monoisotopic (exact) mass is 292 g/mol. The van der Waals surface area contributed by atoms with Crippen molar-refractivity contribution in [2.45, 2.75) is 25.9 Å². The highest BCUT2D eigenvalue weighted by Gasteiger charge is 2.24. The van der Waals surface area contributed by atoms with Gasteiger partial charge in [0.15, 0.2) is 5.82 Å². The SMILES string of the molecule is CC1CN(c2n[nH]c(-c3ccncc3Cl)n2)CC(C)N1. The predicted octanol–water partition coefficient (Wildman–Crippen LogP) is 1.71. The van der Waals surface area contributed by atoms with E-state index in [0.29, 0.717) is 28.9 Å². The summed E-state index contributed by atoms with van der Waals surface area (Å²) >= 11 is 6.13. The third-order valence-corrected chi connectivity index (χ3v) is 3.64. The van der Waals surface area contributed by atoms with Crippen LogP contribution in [0, 0.1) is 0 Å². The standard InChI is InChI=1S/C13H17ClN6/c1-8-6-20(7-9(2)16-8)13-17-12(18-19-13)10-3-4-15-5-11(10)14/h3-5,8-9,16H,6-7H2,1-2H3,(H,17,18,19). The zero-order valence-electron chi connectivity index (χ0n) is 11.5. The molecule has 0 aliphatic carbocycles. The van der Waals surface area contributed by atoms with E-state index in [4.69, 9.17) is 11.6 Å². The molecule has 7 heteroatoms. The number of H-pyrrole nitrogens is 1. The number of nitrogens with one attached hydrogen (secondary N) is 2. The highest BCUT2D eigenvalue weighted by atomic mass is 35.5. The molecule has 0 amide bonds. The number of nitrogens with zero attached hydrogens (tertiary/aromatic N) is 4. The Balaban J connectivity index is 1.85. The van der Waals surface area contributed by atoms with Gasteiger partial charge >= 0.3 is 0 Å². The van der Waals surface area contributed by atoms with Crippen molar-refractivity contribution in [3.05, 3.63) is 23.5 Å². The highest BCUT2D eigenvalue weighted by Crippen LogP contribution is 2.25. The summed E-state index contributed by atoms with van der Waals surface area (Å²) in [5.41, 5.74) is 0.816. The van der Waals surface area contributed by atoms with Crippen LogP contribution in [0.25, 0.3) is 11.4 Å². The Morgan fingerprint density at radius 1 is 1.30 bits per heavy atom. The maximum absolute atomic E-state index is 6.13. The second-order valence-corrected chi connectivity index (χ2v) is 5.62. The van der Waals surface area contributed by atoms with Gasteiger partial charge in [-0.3, -0.25) is 10.1 Å². The van der Waals surface area contributed by atoms with Gasteiger partial charge in [0.05, 0.1) is 5.02 Å². The van der Waals surface area contributed by atoms with E-state index >= 15 is 0 Å². The van der Waals surface area contributed by atoms with Crippen LogP contribution in [0.1, 0.15) is 13.8 Å². The van der Waals surface area contributed by atoms with Crippen molar-refractivity contribution in [2.24, 2.45) is 0 Å². The predicted molar refractivity (Wildman–Crippen MR) is 78.9 cm³/mol. The van der Waals surface area contributed by atoms with Gasteiger partial charge in [-0.2, -0.15) is 4.98 Å². The maximum atomic E-state index is 6.13. The smallest absolute Gasteiger partial charge is 0.245 e. The number of pyridine rings is 1. The number of aromatic amines is 1. The summed E-state index contributed by atoms with van der Waals surface area (Å²) in [5.74, 6) is 1.39. The summed E-state index contributed by atoms with van der Waals surface area (Å²) in [7, 11) is 0. The molecule has 2 unspecified atom stereocenters. The molecule has 6 nitrogen and oxygen atoms in total. The van der Waals surface area contributed by atoms with Crippen LogP contribution in [0.4, 0.5) is 5.95 Å². The molecule has 0 radical (unpaired) electrons. The maximum Gasteiger partial charge on any atom is 0.245 e. The van der Waals surface area contributed by atoms with Crippen molar-refractivity contribution in [2.75, 3.05) is 18.0 Å². The molecule has 2 aromatic heterocycles. The number of hydrogen-bond acceptors (Lipinski definition) is 5. The van der Waals surface area contributed by atoms with Gasteiger partial charge in [-0.25, -0.2) is 0 Å². The van der Waals surface area contributed by atoms with Crippen molar-refractivity contribution in [1.82, 2.24) is 25.5 Å². The van der Waals surface area contributed by atoms with Gasteiger partial charge in [0.2, 0.25) is 5.95 Å². The summed E-state index contributed by atoms with van der Waals surface area (Å²) in [4.78, 5) is 10.7. The lowest BCUT2D eigenvalue weighted by atomic mass is 10.1. The third-order valence-electron chi connectivity index (χ3n) is 3.34. The lowest BCUT2D eigenvalue weighted by molar-refractivity contribution is 0.403. The molecule has 2 atom stereocenters. The Morgan fingerprint density at radius 2 is 2.05 bits per heavy atom. The van der Waals surface area contributed by atoms with Gasteiger partial charge in [0.25, 0.3) is 0 Å². The number of halogens is 1. The Morgan fingerprint density at radius 3 is 2.75 bits per heavy atom. The zero-order chi connectivity index (χ0) is 14.1. The van der Waals surface area contributed by atoms with E-state index in [0.717, 1.165) is 18.7 Å². The number of rotatable bonds is 2. The first-order valence-electron chi connectivity index (χ1n) is 6.67. The lowest BCUT2D eigenvalue weighted by Gasteiger charge is -2.35. The molecule has 3 heterocycles. The minimum Gasteiger partial charge on any atom is -0.336 e. The molecule has 106 valence electrons. The summed E-state index contributed by atoms with van der Waals surface area (Å²) in [5, 5.41) is 11.3. The normalized spacial score (nSPS) is 23.1. The van der Waals surface area contributed by atoms with Crippen LogP contribution >= 0.6 is 11.6 Å². The van der Waals surface area contributed by atoms with Crippen LogP contribution < -0.4 is 10.2 Å². The highest BCUT2D eigenvalue weighted by molar-refractivity contribution is 6.33. The summed E-state index contributed by atoms with van der Waals surface area (Å²) in [6.07, 6.45) is 3.30. The van der Waals surface area contributed by atoms with Crippen LogP contribution in [-0.4, -0.2) is 45.3 Å². The van der Waals surface area contributed by atoms with Crippen LogP contribution in [0.2, 0.25) is 5.02 Å². The van der Waals surface area contributed by atoms with Crippen molar-refractivity contribution < 1.29 is 0 Å². The molecule has 0 aromatic carbocycles. The molecule has 0 saturated carbocycles. The Hall–Kier alpha value is -1.66. The van der Waals surface area contributed by atoms with Crippen LogP contribution in [0.5, 0.6) is 0 Å². The summed E-state index contributed by atoms with van der Waals surface area (Å²) < 4.78 is 0. The van der Waals surface area contributed by atoms with Crippen molar-refractivity contribution in [1.29, 1.82) is 0 Å². The molecular formula is C13H17ClN6. The second-order valence-electron chi connectivity index (χ2n) is 5.21. The fourth-order valence-electron chi connectivity index (χ4n) is 2.57. The molecule has 1 aliphatic heterocycles. The topological polar surface area (TPSA) is 69.7 Å². The van der Waals surface area contributed by atoms with Gasteiger partial charge in [0, 0.05) is 43.1 Å². The van der Waals surface area contributed by atoms with E-state index in [-0.39, 0.29) is 0 Å². The molecule has 1 fully saturated rings. The fourth-order valence-corrected chi connectivity index (χ4v) is 2.78. The van der Waals surface area contributed by atoms with Crippen molar-refractivity contribution >= 4 is 17.5 Å². The zero-order valence-corrected chi connectivity index (χ0v) is 12.2. The van der Waals surface area contributed by atoms with Gasteiger partial charge < -0.3 is 10.2 Å². The average molecular weight is 293 g/mol. The minimum atomic E-state index is 0.421. The van der Waals surface area contributed by atoms with E-state index in [1.54, 1.807) is 12.4 Å². The Labute approximate surface area is 122 Å². The van der Waals surface area contributed by atoms with E-state index in [1.807, 2.05) is 6.07 Å². The van der Waals surface area contributed by atoms with E-state index in [1.165, 1.54) is 0 Å². The third kappa shape index (κ3) is 2.62. The molecule has 1 saturated heterocycles. The molecule has 1 aliphatic rings. The molecular weight excluding hydrogens is 276 g/mol. The van der Waals surface area contributed by atoms with Gasteiger partial charge in [0.1, 0.15) is 0 Å². The van der Waals surface area contributed by atoms with Gasteiger partial charge in [-0.1, -0.05) is 11.6 Å². The largest absolute Gasteiger partial charge is 0.336 e. The molecule has 0 spiro atoms. The van der Waals surface area contributed by atoms with Crippen LogP contribution in [-0.2, 0) is 0 Å². The molecule has 3 rings (SSSR count). The first-order chi connectivity index (χ1) is 9.63. The lowest BCUT2D eigenvalue weighted by Crippen LogP contribution is -2.54. The summed E-state index contributed by atoms with van der Waals surface area (Å²) in [6.45, 7) is 6.11. The van der Waals surface area contributed by atoms with Gasteiger partial charge in [-0.15, -0.1) is 5.10 Å². The minimum absolute atomic E-state index is 0.421. The Bertz CT molecular complexity index is 588. The van der Waals surface area contributed by atoms with E-state index < -0.39 is 0 Å². The van der Waals surface area contributed by atoms with Crippen molar-refractivity contribution in [3.63, 3.8) is 0 Å². The van der Waals surface area contributed by atoms with Crippen LogP contribution in [0.3, 0.4) is 0 Å². The Kier molecular flexibility index (Phi) is 3.58. The first-order valence-corrected chi connectivity index (χ1v) is 7.04. The quantitative estimate of drug-likeness (QED) is 0.882. The first kappa shape index (κ1) is 13.3. The number of piperazine rings is 1. The van der Waals surface area contributed by atoms with Gasteiger partial charge in [-0.05, 0) is 19.9 Å². The van der Waals surface area contributed by atoms with Crippen molar-refractivity contribution in [3.8, 4) is 11.4 Å². The number of hydrogen-bond donors (Lipinski definition) is 2. The number of anilines is 1. The van der Waals surface area contributed by atoms with E-state index in [9.17, 15) is 0 Å². The summed E-state index contributed by atoms with van der Waals surface area (Å²) in [6, 6.07) is 2.67. The molecule has 2 N–H and O–H groups in total.